The zero-order valence-corrected chi connectivity index (χ0v) is 16.9. The third-order valence-electron chi connectivity index (χ3n) is 3.65. The summed E-state index contributed by atoms with van der Waals surface area (Å²) < 4.78 is 16.2. The second-order valence-corrected chi connectivity index (χ2v) is 7.63. The van der Waals surface area contributed by atoms with E-state index in [4.69, 9.17) is 31.2 Å². The second kappa shape index (κ2) is 8.00. The zero-order chi connectivity index (χ0) is 21.2. The minimum absolute atomic E-state index is 0.0546. The lowest BCUT2D eigenvalue weighted by molar-refractivity contribution is -0.157. The van der Waals surface area contributed by atoms with Crippen LogP contribution < -0.4 is 15.8 Å². The van der Waals surface area contributed by atoms with Crippen LogP contribution in [0.3, 0.4) is 0 Å². The van der Waals surface area contributed by atoms with E-state index < -0.39 is 17.5 Å². The monoisotopic (exact) mass is 417 g/mol. The van der Waals surface area contributed by atoms with Crippen LogP contribution in [0.25, 0.3) is 11.0 Å². The minimum atomic E-state index is -0.597. The van der Waals surface area contributed by atoms with E-state index in [2.05, 4.69) is 10.3 Å². The van der Waals surface area contributed by atoms with Gasteiger partial charge in [0.15, 0.2) is 6.61 Å². The topological polar surface area (TPSA) is 117 Å². The van der Waals surface area contributed by atoms with Gasteiger partial charge in [-0.25, -0.2) is 9.78 Å². The number of nitrogen functional groups attached to an aromatic ring is 1. The lowest BCUT2D eigenvalue weighted by atomic mass is 10.2. The van der Waals surface area contributed by atoms with Gasteiger partial charge in [0.05, 0.1) is 10.7 Å². The van der Waals surface area contributed by atoms with Crippen molar-refractivity contribution < 1.29 is 23.5 Å². The highest BCUT2D eigenvalue weighted by Crippen LogP contribution is 2.32. The Hall–Kier alpha value is -3.26. The Morgan fingerprint density at radius 1 is 1.24 bits per heavy atom. The molecule has 0 fully saturated rings. The van der Waals surface area contributed by atoms with Gasteiger partial charge < -0.3 is 24.9 Å². The number of amides is 1. The van der Waals surface area contributed by atoms with Crippen LogP contribution in [0.4, 0.5) is 11.5 Å². The van der Waals surface area contributed by atoms with Crippen molar-refractivity contribution in [2.24, 2.45) is 0 Å². The Labute approximate surface area is 171 Å². The molecule has 9 heteroatoms. The molecule has 3 N–H and O–H groups in total. The van der Waals surface area contributed by atoms with E-state index in [9.17, 15) is 9.59 Å². The minimum Gasteiger partial charge on any atom is -0.482 e. The van der Waals surface area contributed by atoms with Crippen molar-refractivity contribution in [3.63, 3.8) is 0 Å². The van der Waals surface area contributed by atoms with Crippen LogP contribution in [0.15, 0.2) is 40.9 Å². The summed E-state index contributed by atoms with van der Waals surface area (Å²) >= 11 is 5.78. The lowest BCUT2D eigenvalue weighted by Crippen LogP contribution is -2.27. The van der Waals surface area contributed by atoms with E-state index in [1.807, 2.05) is 0 Å². The normalized spacial score (nSPS) is 11.3. The molecule has 0 saturated heterocycles. The van der Waals surface area contributed by atoms with Crippen LogP contribution in [0.1, 0.15) is 31.3 Å². The molecule has 1 aromatic carbocycles. The smallest absolute Gasteiger partial charge is 0.344 e. The maximum absolute atomic E-state index is 12.5. The summed E-state index contributed by atoms with van der Waals surface area (Å²) in [5.41, 5.74) is 6.04. The maximum Gasteiger partial charge on any atom is 0.344 e. The van der Waals surface area contributed by atoms with Gasteiger partial charge in [-0.3, -0.25) is 4.79 Å². The van der Waals surface area contributed by atoms with Gasteiger partial charge in [-0.05, 0) is 51.1 Å². The molecule has 29 heavy (non-hydrogen) atoms. The molecule has 0 saturated carbocycles. The van der Waals surface area contributed by atoms with E-state index in [1.165, 1.54) is 6.20 Å². The number of rotatable bonds is 5. The number of hydrogen-bond donors (Lipinski definition) is 2. The number of nitrogens with two attached hydrogens (primary N) is 1. The van der Waals surface area contributed by atoms with Gasteiger partial charge in [0.2, 0.25) is 5.76 Å². The number of benzene rings is 1. The number of fused-ring (bicyclic) bond motifs is 1. The van der Waals surface area contributed by atoms with Crippen molar-refractivity contribution in [3.8, 4) is 5.75 Å². The summed E-state index contributed by atoms with van der Waals surface area (Å²) in [6.45, 7) is 5.07. The van der Waals surface area contributed by atoms with Crippen LogP contribution in [0.5, 0.6) is 5.75 Å². The molecule has 0 aliphatic heterocycles. The number of ether oxygens (including phenoxy) is 2. The fourth-order valence-electron chi connectivity index (χ4n) is 2.49. The Bertz CT molecular complexity index is 1050. The maximum atomic E-state index is 12.5. The summed E-state index contributed by atoms with van der Waals surface area (Å²) in [6, 6.07) is 7.96. The Morgan fingerprint density at radius 2 is 2.00 bits per heavy atom. The fourth-order valence-corrected chi connectivity index (χ4v) is 2.60. The Morgan fingerprint density at radius 3 is 2.66 bits per heavy atom. The predicted molar refractivity (Wildman–Crippen MR) is 109 cm³/mol. The molecular weight excluding hydrogens is 398 g/mol. The van der Waals surface area contributed by atoms with E-state index in [1.54, 1.807) is 51.1 Å². The largest absolute Gasteiger partial charge is 0.482 e. The molecule has 0 bridgehead atoms. The van der Waals surface area contributed by atoms with Crippen molar-refractivity contribution in [1.82, 2.24) is 4.98 Å². The molecule has 0 radical (unpaired) electrons. The summed E-state index contributed by atoms with van der Waals surface area (Å²) in [5.74, 6) is -0.401. The van der Waals surface area contributed by atoms with Crippen molar-refractivity contribution in [2.45, 2.75) is 26.4 Å². The molecule has 2 aromatic heterocycles. The van der Waals surface area contributed by atoms with Gasteiger partial charge in [-0.15, -0.1) is 0 Å². The van der Waals surface area contributed by atoms with E-state index in [0.717, 1.165) is 0 Å². The number of hydrogen-bond acceptors (Lipinski definition) is 7. The molecule has 8 nitrogen and oxygen atoms in total. The Kier molecular flexibility index (Phi) is 5.65. The van der Waals surface area contributed by atoms with E-state index >= 15 is 0 Å². The van der Waals surface area contributed by atoms with Crippen molar-refractivity contribution in [1.29, 1.82) is 0 Å². The first kappa shape index (κ1) is 20.5. The average Bonchev–Trinajstić information content (AvgIpc) is 2.97. The number of nitrogens with one attached hydrogen (secondary N) is 1. The second-order valence-electron chi connectivity index (χ2n) is 7.19. The highest BCUT2D eigenvalue weighted by Gasteiger charge is 2.20. The molecule has 1 amide bonds. The number of pyridine rings is 1. The standard InChI is InChI=1S/C20H20ClN3O5/c1-20(2,3)29-16(25)10-27-12-5-6-14-13(8-12)17(22)18(28-14)19(26)24-15-7-4-11(21)9-23-15/h4-9H,10,22H2,1-3H3,(H,23,24,26). The van der Waals surface area contributed by atoms with Crippen molar-refractivity contribution in [2.75, 3.05) is 17.7 Å². The first-order valence-corrected chi connectivity index (χ1v) is 9.10. The molecule has 0 aliphatic rings. The molecule has 3 aromatic rings. The number of carbonyl (C=O) groups is 2. The van der Waals surface area contributed by atoms with Crippen LogP contribution in [0.2, 0.25) is 5.02 Å². The third kappa shape index (κ3) is 5.17. The lowest BCUT2D eigenvalue weighted by Gasteiger charge is -2.19. The SMILES string of the molecule is CC(C)(C)OC(=O)COc1ccc2oc(C(=O)Nc3ccc(Cl)cn3)c(N)c2c1. The number of nitrogens with zero attached hydrogens (tertiary/aromatic N) is 1. The number of carbonyl (C=O) groups excluding carboxylic acids is 2. The van der Waals surface area contributed by atoms with Crippen LogP contribution in [0, 0.1) is 0 Å². The number of aromatic nitrogens is 1. The number of furan rings is 1. The van der Waals surface area contributed by atoms with Gasteiger partial charge in [0.25, 0.3) is 5.91 Å². The first-order chi connectivity index (χ1) is 13.6. The molecular formula is C20H20ClN3O5. The van der Waals surface area contributed by atoms with Gasteiger partial charge in [0.1, 0.15) is 22.8 Å². The van der Waals surface area contributed by atoms with Gasteiger partial charge >= 0.3 is 5.97 Å². The van der Waals surface area contributed by atoms with E-state index in [-0.39, 0.29) is 18.1 Å². The average molecular weight is 418 g/mol. The molecule has 0 spiro atoms. The van der Waals surface area contributed by atoms with Crippen LogP contribution in [-0.2, 0) is 9.53 Å². The quantitative estimate of drug-likeness (QED) is 0.601. The van der Waals surface area contributed by atoms with Gasteiger partial charge in [-0.2, -0.15) is 0 Å². The summed E-state index contributed by atoms with van der Waals surface area (Å²) in [7, 11) is 0. The molecule has 0 unspecified atom stereocenters. The van der Waals surface area contributed by atoms with Crippen molar-refractivity contribution in [3.05, 3.63) is 47.3 Å². The highest BCUT2D eigenvalue weighted by molar-refractivity contribution is 6.30. The first-order valence-electron chi connectivity index (χ1n) is 8.72. The molecule has 2 heterocycles. The number of anilines is 2. The Balaban J connectivity index is 1.74. The van der Waals surface area contributed by atoms with Crippen molar-refractivity contribution >= 4 is 46.0 Å². The molecule has 0 aliphatic carbocycles. The van der Waals surface area contributed by atoms with E-state index in [0.29, 0.717) is 27.6 Å². The number of esters is 1. The van der Waals surface area contributed by atoms with Gasteiger partial charge in [0, 0.05) is 11.6 Å². The molecule has 152 valence electrons. The zero-order valence-electron chi connectivity index (χ0n) is 16.1. The predicted octanol–water partition coefficient (Wildman–Crippen LogP) is 4.04. The highest BCUT2D eigenvalue weighted by atomic mass is 35.5. The molecule has 0 atom stereocenters. The summed E-state index contributed by atoms with van der Waals surface area (Å²) in [6.07, 6.45) is 1.41. The number of halogens is 1. The van der Waals surface area contributed by atoms with Crippen LogP contribution >= 0.6 is 11.6 Å². The summed E-state index contributed by atoms with van der Waals surface area (Å²) in [4.78, 5) is 28.3. The van der Waals surface area contributed by atoms with Crippen LogP contribution in [-0.4, -0.2) is 29.1 Å². The molecule has 3 rings (SSSR count). The summed E-state index contributed by atoms with van der Waals surface area (Å²) in [5, 5.41) is 3.52. The fraction of sp³-hybridized carbons (Fsp3) is 0.250. The third-order valence-corrected chi connectivity index (χ3v) is 3.87. The van der Waals surface area contributed by atoms with Gasteiger partial charge in [-0.1, -0.05) is 11.6 Å².